The van der Waals surface area contributed by atoms with Crippen LogP contribution in [-0.2, 0) is 9.84 Å². The van der Waals surface area contributed by atoms with E-state index in [2.05, 4.69) is 0 Å². The van der Waals surface area contributed by atoms with Crippen molar-refractivity contribution in [3.8, 4) is 0 Å². The fourth-order valence-electron chi connectivity index (χ4n) is 1.11. The number of rotatable bonds is 5. The molecular weight excluding hydrogens is 240 g/mol. The summed E-state index contributed by atoms with van der Waals surface area (Å²) in [5.41, 5.74) is 0. The summed E-state index contributed by atoms with van der Waals surface area (Å²) in [4.78, 5) is 0.369. The van der Waals surface area contributed by atoms with E-state index in [9.17, 15) is 8.42 Å². The summed E-state index contributed by atoms with van der Waals surface area (Å²) in [5.74, 6) is 0.0374. The van der Waals surface area contributed by atoms with E-state index in [1.807, 2.05) is 17.7 Å². The van der Waals surface area contributed by atoms with Crippen molar-refractivity contribution in [2.24, 2.45) is 0 Å². The van der Waals surface area contributed by atoms with Crippen LogP contribution in [0.1, 0.15) is 0 Å². The lowest BCUT2D eigenvalue weighted by atomic mass is 10.4. The van der Waals surface area contributed by atoms with Gasteiger partial charge in [-0.05, 0) is 23.8 Å². The van der Waals surface area contributed by atoms with Crippen LogP contribution in [0, 0.1) is 0 Å². The van der Waals surface area contributed by atoms with E-state index in [0.29, 0.717) is 4.90 Å². The van der Waals surface area contributed by atoms with Gasteiger partial charge in [-0.1, -0.05) is 36.4 Å². The van der Waals surface area contributed by atoms with Gasteiger partial charge in [-0.3, -0.25) is 0 Å². The molecule has 4 heteroatoms. The van der Waals surface area contributed by atoms with Gasteiger partial charge < -0.3 is 0 Å². The highest BCUT2D eigenvalue weighted by atomic mass is 32.2. The van der Waals surface area contributed by atoms with Crippen molar-refractivity contribution in [1.29, 1.82) is 0 Å². The van der Waals surface area contributed by atoms with Crippen LogP contribution in [0.15, 0.2) is 58.9 Å². The number of sulfone groups is 1. The van der Waals surface area contributed by atoms with Gasteiger partial charge in [-0.2, -0.15) is 0 Å². The molecule has 0 aliphatic carbocycles. The number of benzene rings is 1. The molecule has 0 atom stereocenters. The molecule has 0 heterocycles. The van der Waals surface area contributed by atoms with Gasteiger partial charge >= 0.3 is 0 Å². The average molecular weight is 254 g/mol. The topological polar surface area (TPSA) is 34.1 Å². The first-order valence-corrected chi connectivity index (χ1v) is 7.73. The maximum Gasteiger partial charge on any atom is 0.181 e. The molecule has 1 aromatic rings. The van der Waals surface area contributed by atoms with Crippen molar-refractivity contribution < 1.29 is 8.42 Å². The number of hydrogen-bond donors (Lipinski definition) is 0. The zero-order valence-electron chi connectivity index (χ0n) is 9.04. The molecule has 2 nitrogen and oxygen atoms in total. The molecule has 0 unspecified atom stereocenters. The third kappa shape index (κ3) is 4.24. The smallest absolute Gasteiger partial charge is 0.181 e. The molecule has 0 fully saturated rings. The predicted octanol–water partition coefficient (Wildman–Crippen LogP) is 2.89. The van der Waals surface area contributed by atoms with Crippen molar-refractivity contribution in [1.82, 2.24) is 0 Å². The summed E-state index contributed by atoms with van der Waals surface area (Å²) in [6.45, 7) is 0. The number of hydrogen-bond acceptors (Lipinski definition) is 3. The lowest BCUT2D eigenvalue weighted by Crippen LogP contribution is -2.03. The van der Waals surface area contributed by atoms with E-state index in [1.54, 1.807) is 54.2 Å². The van der Waals surface area contributed by atoms with Crippen molar-refractivity contribution in [3.63, 3.8) is 0 Å². The monoisotopic (exact) mass is 254 g/mol. The summed E-state index contributed by atoms with van der Waals surface area (Å²) in [6, 6.07) is 8.48. The van der Waals surface area contributed by atoms with Gasteiger partial charge in [0.25, 0.3) is 0 Å². The Morgan fingerprint density at radius 1 is 1.19 bits per heavy atom. The van der Waals surface area contributed by atoms with E-state index in [1.165, 1.54) is 0 Å². The van der Waals surface area contributed by atoms with Gasteiger partial charge in [-0.15, -0.1) is 11.8 Å². The first-order chi connectivity index (χ1) is 7.67. The Bertz CT molecular complexity index is 459. The molecule has 0 spiro atoms. The quantitative estimate of drug-likeness (QED) is 0.758. The minimum atomic E-state index is -3.17. The lowest BCUT2D eigenvalue weighted by molar-refractivity contribution is 0.599. The van der Waals surface area contributed by atoms with Crippen LogP contribution in [0.3, 0.4) is 0 Å². The van der Waals surface area contributed by atoms with Gasteiger partial charge in [0.2, 0.25) is 0 Å². The maximum atomic E-state index is 11.8. The Labute approximate surface area is 101 Å². The first kappa shape index (κ1) is 13.1. The minimum Gasteiger partial charge on any atom is -0.223 e. The molecule has 0 aromatic heterocycles. The van der Waals surface area contributed by atoms with E-state index < -0.39 is 9.84 Å². The average Bonchev–Trinajstić information content (AvgIpc) is 2.30. The van der Waals surface area contributed by atoms with Crippen molar-refractivity contribution in [2.45, 2.75) is 4.90 Å². The Hall–Kier alpha value is -1.00. The molecule has 0 saturated carbocycles. The van der Waals surface area contributed by atoms with E-state index in [4.69, 9.17) is 0 Å². The highest BCUT2D eigenvalue weighted by Crippen LogP contribution is 2.10. The van der Waals surface area contributed by atoms with Gasteiger partial charge in [0, 0.05) is 0 Å². The van der Waals surface area contributed by atoms with Crippen LogP contribution in [-0.4, -0.2) is 20.4 Å². The summed E-state index contributed by atoms with van der Waals surface area (Å²) in [5, 5.41) is 1.89. The van der Waals surface area contributed by atoms with Crippen molar-refractivity contribution in [3.05, 3.63) is 54.0 Å². The molecule has 0 aliphatic rings. The lowest BCUT2D eigenvalue weighted by Gasteiger charge is -1.99. The summed E-state index contributed by atoms with van der Waals surface area (Å²) >= 11 is 1.57. The summed E-state index contributed by atoms with van der Waals surface area (Å²) < 4.78 is 23.6. The fraction of sp³-hybridized carbons (Fsp3) is 0.167. The third-order valence-electron chi connectivity index (χ3n) is 1.88. The van der Waals surface area contributed by atoms with Crippen LogP contribution in [0.25, 0.3) is 0 Å². The van der Waals surface area contributed by atoms with E-state index in [0.717, 1.165) is 0 Å². The Balaban J connectivity index is 2.67. The van der Waals surface area contributed by atoms with Crippen LogP contribution in [0.4, 0.5) is 0 Å². The second kappa shape index (κ2) is 6.55. The number of allylic oxidation sites excluding steroid dienone is 2. The standard InChI is InChI=1S/C12H14O2S2/c1-15-10-6-3-7-11-16(13,14)12-8-4-2-5-9-12/h2-10H,11H2,1H3. The highest BCUT2D eigenvalue weighted by Gasteiger charge is 2.10. The molecule has 86 valence electrons. The molecule has 0 N–H and O–H groups in total. The predicted molar refractivity (Wildman–Crippen MR) is 70.3 cm³/mol. The molecule has 16 heavy (non-hydrogen) atoms. The molecule has 0 aliphatic heterocycles. The highest BCUT2D eigenvalue weighted by molar-refractivity contribution is 8.01. The molecule has 1 rings (SSSR count). The zero-order valence-corrected chi connectivity index (χ0v) is 10.7. The Kier molecular flexibility index (Phi) is 5.35. The second-order valence-corrected chi connectivity index (χ2v) is 5.86. The SMILES string of the molecule is CSC=CC=CCS(=O)(=O)c1ccccc1. The zero-order chi connectivity index (χ0) is 11.9. The Morgan fingerprint density at radius 2 is 1.88 bits per heavy atom. The van der Waals surface area contributed by atoms with Gasteiger partial charge in [0.15, 0.2) is 9.84 Å². The van der Waals surface area contributed by atoms with E-state index >= 15 is 0 Å². The van der Waals surface area contributed by atoms with Crippen LogP contribution >= 0.6 is 11.8 Å². The Morgan fingerprint density at radius 3 is 2.50 bits per heavy atom. The molecular formula is C12H14O2S2. The molecule has 1 aromatic carbocycles. The van der Waals surface area contributed by atoms with Crippen LogP contribution in [0.5, 0.6) is 0 Å². The molecule has 0 amide bonds. The van der Waals surface area contributed by atoms with Crippen molar-refractivity contribution in [2.75, 3.05) is 12.0 Å². The van der Waals surface area contributed by atoms with Gasteiger partial charge in [0.1, 0.15) is 0 Å². The summed E-state index contributed by atoms with van der Waals surface area (Å²) in [7, 11) is -3.17. The van der Waals surface area contributed by atoms with Gasteiger partial charge in [-0.25, -0.2) is 8.42 Å². The third-order valence-corrected chi connectivity index (χ3v) is 3.93. The molecule has 0 bridgehead atoms. The van der Waals surface area contributed by atoms with Crippen LogP contribution < -0.4 is 0 Å². The van der Waals surface area contributed by atoms with Gasteiger partial charge in [0.05, 0.1) is 10.6 Å². The summed E-state index contributed by atoms with van der Waals surface area (Å²) in [6.07, 6.45) is 7.17. The maximum absolute atomic E-state index is 11.8. The van der Waals surface area contributed by atoms with Crippen LogP contribution in [0.2, 0.25) is 0 Å². The van der Waals surface area contributed by atoms with Crippen molar-refractivity contribution >= 4 is 21.6 Å². The van der Waals surface area contributed by atoms with E-state index in [-0.39, 0.29) is 5.75 Å². The fourth-order valence-corrected chi connectivity index (χ4v) is 2.49. The largest absolute Gasteiger partial charge is 0.223 e. The second-order valence-electron chi connectivity index (χ2n) is 3.09. The molecule has 0 radical (unpaired) electrons. The normalized spacial score (nSPS) is 12.6. The minimum absolute atomic E-state index is 0.0374. The number of thioether (sulfide) groups is 1. The first-order valence-electron chi connectivity index (χ1n) is 4.79. The molecule has 0 saturated heterocycles.